The van der Waals surface area contributed by atoms with Crippen molar-refractivity contribution in [2.45, 2.75) is 87.4 Å². The van der Waals surface area contributed by atoms with E-state index in [2.05, 4.69) is 4.74 Å². The van der Waals surface area contributed by atoms with Gasteiger partial charge in [0.25, 0.3) is 0 Å². The lowest BCUT2D eigenvalue weighted by molar-refractivity contribution is -0.237. The Morgan fingerprint density at radius 2 is 1.34 bits per heavy atom. The maximum atomic E-state index is 11.6. The molecule has 44 heavy (non-hydrogen) atoms. The van der Waals surface area contributed by atoms with Gasteiger partial charge >= 0.3 is 23.9 Å². The Hall–Kier alpha value is -2.70. The van der Waals surface area contributed by atoms with Crippen LogP contribution in [0.25, 0.3) is 0 Å². The van der Waals surface area contributed by atoms with Crippen LogP contribution in [-0.4, -0.2) is 142 Å². The molecule has 2 saturated heterocycles. The number of carbonyl (C=O) groups is 4. The van der Waals surface area contributed by atoms with E-state index in [9.17, 15) is 34.5 Å². The van der Waals surface area contributed by atoms with E-state index in [4.69, 9.17) is 44.2 Å². The van der Waals surface area contributed by atoms with Gasteiger partial charge in [0.2, 0.25) is 0 Å². The van der Waals surface area contributed by atoms with Gasteiger partial charge in [0.15, 0.2) is 24.2 Å². The number of esters is 4. The van der Waals surface area contributed by atoms with Gasteiger partial charge in [0.1, 0.15) is 48.0 Å². The number of carbonyl (C=O) groups excluding carboxylic acids is 4. The molecule has 0 aliphatic carbocycles. The van der Waals surface area contributed by atoms with Crippen molar-refractivity contribution in [3.05, 3.63) is 0 Å². The number of hydrogen-bond acceptors (Lipinski definition) is 19. The minimum Gasteiger partial charge on any atom is -0.484 e. The van der Waals surface area contributed by atoms with Crippen molar-refractivity contribution in [1.82, 2.24) is 0 Å². The Balaban J connectivity index is 0.000000488. The van der Waals surface area contributed by atoms with E-state index in [1.807, 2.05) is 6.07 Å². The predicted molar refractivity (Wildman–Crippen MR) is 151 cm³/mol. The van der Waals surface area contributed by atoms with Crippen molar-refractivity contribution in [2.75, 3.05) is 31.8 Å². The molecule has 2 fully saturated rings. The number of aliphatic hydroxyl groups excluding tert-OH is 4. The normalized spacial score (nSPS) is 31.2. The van der Waals surface area contributed by atoms with Crippen molar-refractivity contribution >= 4 is 53.3 Å². The molecule has 5 N–H and O–H groups in total. The number of ether oxygens (including phenoxy) is 7. The third-order valence-electron chi connectivity index (χ3n) is 5.73. The van der Waals surface area contributed by atoms with Gasteiger partial charge in [-0.2, -0.15) is 5.26 Å². The standard InChI is InChI=1S/C16H21NO9S.C9H17NO6S/c1-8(18)22-7-12-13(23-9(2)19)14(24-10(3)20)15(25-11(4)21)16(26-12)27-6-5-17;1-15-5(10)3-17-9-8(14)7(13)6(12)4(2-11)16-9/h12-16H,6-7H2,1-4H3;4,6-14H,2-3H2,1H3. The highest BCUT2D eigenvalue weighted by Crippen LogP contribution is 2.34. The van der Waals surface area contributed by atoms with Crippen LogP contribution in [0.1, 0.15) is 27.7 Å². The number of hydrogen-bond donors (Lipinski definition) is 5. The van der Waals surface area contributed by atoms with Gasteiger partial charge in [-0.15, -0.1) is 23.5 Å². The van der Waals surface area contributed by atoms with Gasteiger partial charge in [0.05, 0.1) is 31.3 Å². The van der Waals surface area contributed by atoms with E-state index >= 15 is 0 Å². The number of rotatable bonds is 11. The average Bonchev–Trinajstić information content (AvgIpc) is 2.95. The van der Waals surface area contributed by atoms with Crippen LogP contribution >= 0.6 is 23.5 Å². The number of thioether (sulfide) groups is 2. The zero-order valence-corrected chi connectivity index (χ0v) is 26.3. The summed E-state index contributed by atoms with van der Waals surface area (Å²) in [5.74, 6) is -2.50. The van der Waals surface area contributed by atoms with Crippen molar-refractivity contribution in [2.24, 2.45) is 0 Å². The quantitative estimate of drug-likeness (QED) is 0.0722. The lowest BCUT2D eigenvalue weighted by Crippen LogP contribution is -2.61. The van der Waals surface area contributed by atoms with Crippen molar-refractivity contribution in [3.63, 3.8) is 0 Å². The van der Waals surface area contributed by atoms with Gasteiger partial charge in [-0.05, 0) is 0 Å². The summed E-state index contributed by atoms with van der Waals surface area (Å²) >= 11 is 2.06. The van der Waals surface area contributed by atoms with Crippen molar-refractivity contribution in [3.8, 4) is 6.07 Å². The summed E-state index contributed by atoms with van der Waals surface area (Å²) in [6.07, 6.45) is -9.45. The second-order valence-corrected chi connectivity index (χ2v) is 11.3. The maximum absolute atomic E-state index is 11.6. The number of methoxy groups -OCH3 is 1. The molecular weight excluding hydrogens is 632 g/mol. The van der Waals surface area contributed by atoms with Crippen LogP contribution in [0.2, 0.25) is 0 Å². The lowest BCUT2D eigenvalue weighted by Gasteiger charge is -2.44. The van der Waals surface area contributed by atoms with Gasteiger partial charge < -0.3 is 53.6 Å². The Morgan fingerprint density at radius 1 is 0.795 bits per heavy atom. The Morgan fingerprint density at radius 3 is 1.84 bits per heavy atom. The Bertz CT molecular complexity index is 1030. The highest BCUT2D eigenvalue weighted by Gasteiger charge is 2.52. The second-order valence-electron chi connectivity index (χ2n) is 9.17. The molecule has 250 valence electrons. The first kappa shape index (κ1) is 39.3. The van der Waals surface area contributed by atoms with Crippen molar-refractivity contribution in [1.29, 1.82) is 10.7 Å². The second kappa shape index (κ2) is 19.6. The third kappa shape index (κ3) is 12.7. The summed E-state index contributed by atoms with van der Waals surface area (Å²) in [7, 11) is 1.36. The molecule has 0 amide bonds. The molecule has 0 radical (unpaired) electrons. The van der Waals surface area contributed by atoms with Crippen LogP contribution in [0.3, 0.4) is 0 Å². The summed E-state index contributed by atoms with van der Waals surface area (Å²) in [6.45, 7) is 3.89. The van der Waals surface area contributed by atoms with Gasteiger partial charge in [-0.25, -0.2) is 0 Å². The Labute approximate surface area is 261 Å². The zero-order chi connectivity index (χ0) is 33.6. The number of aliphatic hydroxyl groups is 4. The maximum Gasteiger partial charge on any atom is 0.303 e. The molecule has 17 nitrogen and oxygen atoms in total. The lowest BCUT2D eigenvalue weighted by atomic mass is 9.99. The van der Waals surface area contributed by atoms with Crippen molar-refractivity contribution < 1.29 is 72.8 Å². The number of nitriles is 1. The molecule has 0 aromatic heterocycles. The highest BCUT2D eigenvalue weighted by molar-refractivity contribution is 8.00. The summed E-state index contributed by atoms with van der Waals surface area (Å²) < 4.78 is 36.3. The first-order valence-corrected chi connectivity index (χ1v) is 15.1. The highest BCUT2D eigenvalue weighted by atomic mass is 32.2. The van der Waals surface area contributed by atoms with Crippen LogP contribution in [0.5, 0.6) is 0 Å². The first-order valence-electron chi connectivity index (χ1n) is 13.0. The molecule has 0 saturated carbocycles. The van der Waals surface area contributed by atoms with Crippen LogP contribution in [-0.2, 0) is 52.3 Å². The molecule has 10 unspecified atom stereocenters. The average molecular weight is 671 g/mol. The molecule has 2 rings (SSSR count). The fraction of sp³-hybridized carbons (Fsp3) is 0.760. The summed E-state index contributed by atoms with van der Waals surface area (Å²) in [5, 5.41) is 53.7. The minimum absolute atomic E-state index is 0.00621. The molecule has 0 aromatic rings. The molecule has 19 heteroatoms. The SMILES string of the molecule is CC(=O)OCC1OC(SCC#N)C(OC(C)=O)C(OC(C)=O)C1OC(C)=O.COC(=N)CSC1OC(CO)C(O)C(O)C1O. The molecule has 2 aliphatic rings. The summed E-state index contributed by atoms with van der Waals surface area (Å²) in [6, 6.07) is 1.92. The fourth-order valence-corrected chi connectivity index (χ4v) is 5.74. The van der Waals surface area contributed by atoms with Crippen LogP contribution in [0.4, 0.5) is 0 Å². The van der Waals surface area contributed by atoms with Crippen LogP contribution < -0.4 is 0 Å². The molecule has 2 aliphatic heterocycles. The molecule has 2 heterocycles. The van der Waals surface area contributed by atoms with E-state index in [-0.39, 0.29) is 24.0 Å². The van der Waals surface area contributed by atoms with E-state index in [1.165, 1.54) is 14.0 Å². The monoisotopic (exact) mass is 670 g/mol. The third-order valence-corrected chi connectivity index (χ3v) is 7.88. The van der Waals surface area contributed by atoms with Gasteiger partial charge in [-0.1, -0.05) is 0 Å². The van der Waals surface area contributed by atoms with E-state index in [1.54, 1.807) is 0 Å². The van der Waals surface area contributed by atoms with Gasteiger partial charge in [-0.3, -0.25) is 24.6 Å². The topological polar surface area (TPSA) is 261 Å². The molecule has 0 aromatic carbocycles. The molecule has 0 bridgehead atoms. The van der Waals surface area contributed by atoms with E-state index in [0.717, 1.165) is 44.3 Å². The van der Waals surface area contributed by atoms with Gasteiger partial charge in [0, 0.05) is 27.7 Å². The smallest absolute Gasteiger partial charge is 0.303 e. The van der Waals surface area contributed by atoms with E-state index in [0.29, 0.717) is 0 Å². The predicted octanol–water partition coefficient (Wildman–Crippen LogP) is -1.53. The van der Waals surface area contributed by atoms with Crippen LogP contribution in [0, 0.1) is 16.7 Å². The summed E-state index contributed by atoms with van der Waals surface area (Å²) in [5.41, 5.74) is -1.73. The molecular formula is C25H38N2O15S2. The fourth-order valence-electron chi connectivity index (χ4n) is 3.86. The van der Waals surface area contributed by atoms with Crippen LogP contribution in [0.15, 0.2) is 0 Å². The zero-order valence-electron chi connectivity index (χ0n) is 24.6. The molecule has 0 spiro atoms. The first-order chi connectivity index (χ1) is 20.7. The summed E-state index contributed by atoms with van der Waals surface area (Å²) in [4.78, 5) is 45.8. The Kier molecular flexibility index (Phi) is 17.6. The largest absolute Gasteiger partial charge is 0.484 e. The molecule has 10 atom stereocenters. The van der Waals surface area contributed by atoms with E-state index < -0.39 is 90.2 Å². The number of nitrogens with one attached hydrogen (secondary N) is 1. The minimum atomic E-state index is -1.38. The number of nitrogens with zero attached hydrogens (tertiary/aromatic N) is 1.